The fraction of sp³-hybridized carbons (Fsp3) is 0.462. The van der Waals surface area contributed by atoms with Gasteiger partial charge in [-0.3, -0.25) is 4.79 Å². The molecular formula is C13H18BrNO3. The van der Waals surface area contributed by atoms with E-state index in [1.165, 1.54) is 0 Å². The fourth-order valence-corrected chi connectivity index (χ4v) is 1.97. The summed E-state index contributed by atoms with van der Waals surface area (Å²) in [7, 11) is 1.55. The van der Waals surface area contributed by atoms with E-state index in [0.717, 1.165) is 6.42 Å². The first-order valence-electron chi connectivity index (χ1n) is 5.88. The molecule has 0 spiro atoms. The summed E-state index contributed by atoms with van der Waals surface area (Å²) < 4.78 is 5.77. The molecule has 0 aliphatic rings. The summed E-state index contributed by atoms with van der Waals surface area (Å²) in [6, 6.07) is 5.19. The molecule has 0 heterocycles. The molecule has 5 heteroatoms. The number of benzene rings is 1. The van der Waals surface area contributed by atoms with Crippen molar-refractivity contribution in [3.05, 3.63) is 28.2 Å². The number of ether oxygens (including phenoxy) is 1. The molecule has 0 aliphatic heterocycles. The van der Waals surface area contributed by atoms with Gasteiger partial charge in [-0.05, 0) is 40.5 Å². The Labute approximate surface area is 115 Å². The molecule has 0 aromatic heterocycles. The Bertz CT molecular complexity index is 409. The molecule has 1 unspecified atom stereocenters. The number of amides is 1. The highest BCUT2D eigenvalue weighted by Crippen LogP contribution is 2.22. The molecule has 0 saturated carbocycles. The lowest BCUT2D eigenvalue weighted by Gasteiger charge is -2.12. The van der Waals surface area contributed by atoms with Crippen LogP contribution in [0, 0.1) is 0 Å². The maximum Gasteiger partial charge on any atom is 0.252 e. The van der Waals surface area contributed by atoms with Crippen LogP contribution in [-0.4, -0.2) is 30.8 Å². The molecule has 0 aliphatic carbocycles. The van der Waals surface area contributed by atoms with Gasteiger partial charge in [-0.2, -0.15) is 0 Å². The number of hydrogen-bond acceptors (Lipinski definition) is 3. The Morgan fingerprint density at radius 2 is 2.28 bits per heavy atom. The first-order chi connectivity index (χ1) is 8.58. The van der Waals surface area contributed by atoms with Crippen molar-refractivity contribution < 1.29 is 14.6 Å². The first kappa shape index (κ1) is 15.0. The highest BCUT2D eigenvalue weighted by molar-refractivity contribution is 9.10. The Hall–Kier alpha value is -1.07. The zero-order valence-electron chi connectivity index (χ0n) is 10.6. The summed E-state index contributed by atoms with van der Waals surface area (Å²) in [6.07, 6.45) is 1.07. The fourth-order valence-electron chi connectivity index (χ4n) is 1.55. The van der Waals surface area contributed by atoms with Crippen LogP contribution in [0.25, 0.3) is 0 Å². The lowest BCUT2D eigenvalue weighted by Crippen LogP contribution is -2.32. The van der Waals surface area contributed by atoms with Gasteiger partial charge >= 0.3 is 0 Å². The summed E-state index contributed by atoms with van der Waals surface area (Å²) in [5.74, 6) is 0.397. The third-order valence-corrected chi connectivity index (χ3v) is 3.23. The normalized spacial score (nSPS) is 12.0. The highest BCUT2D eigenvalue weighted by atomic mass is 79.9. The Morgan fingerprint density at radius 3 is 2.89 bits per heavy atom. The molecule has 1 amide bonds. The summed E-state index contributed by atoms with van der Waals surface area (Å²) in [4.78, 5) is 11.9. The van der Waals surface area contributed by atoms with Crippen LogP contribution in [0.2, 0.25) is 0 Å². The van der Waals surface area contributed by atoms with Crippen LogP contribution in [0.3, 0.4) is 0 Å². The van der Waals surface area contributed by atoms with Crippen LogP contribution >= 0.6 is 15.9 Å². The Morgan fingerprint density at radius 1 is 1.56 bits per heavy atom. The first-order valence-corrected chi connectivity index (χ1v) is 6.67. The third kappa shape index (κ3) is 4.31. The van der Waals surface area contributed by atoms with E-state index in [9.17, 15) is 9.90 Å². The SMILES string of the molecule is CCCC(O)CNC(=O)c1cc(OC)ccc1Br. The molecular weight excluding hydrogens is 298 g/mol. The molecule has 1 aromatic rings. The second-order valence-corrected chi connectivity index (χ2v) is 4.85. The summed E-state index contributed by atoms with van der Waals surface area (Å²) in [5, 5.41) is 12.3. The van der Waals surface area contributed by atoms with E-state index >= 15 is 0 Å². The van der Waals surface area contributed by atoms with E-state index in [4.69, 9.17) is 4.74 Å². The topological polar surface area (TPSA) is 58.6 Å². The van der Waals surface area contributed by atoms with Crippen molar-refractivity contribution in [2.75, 3.05) is 13.7 Å². The van der Waals surface area contributed by atoms with E-state index in [0.29, 0.717) is 22.2 Å². The number of hydrogen-bond donors (Lipinski definition) is 2. The molecule has 0 radical (unpaired) electrons. The maximum atomic E-state index is 11.9. The summed E-state index contributed by atoms with van der Waals surface area (Å²) in [5.41, 5.74) is 0.498. The minimum Gasteiger partial charge on any atom is -0.497 e. The summed E-state index contributed by atoms with van der Waals surface area (Å²) in [6.45, 7) is 2.25. The van der Waals surface area contributed by atoms with Gasteiger partial charge in [-0.25, -0.2) is 0 Å². The molecule has 1 atom stereocenters. The van der Waals surface area contributed by atoms with Crippen LogP contribution in [0.5, 0.6) is 5.75 Å². The summed E-state index contributed by atoms with van der Waals surface area (Å²) >= 11 is 3.32. The lowest BCUT2D eigenvalue weighted by molar-refractivity contribution is 0.0909. The molecule has 0 fully saturated rings. The third-order valence-electron chi connectivity index (χ3n) is 2.54. The van der Waals surface area contributed by atoms with Gasteiger partial charge < -0.3 is 15.2 Å². The van der Waals surface area contributed by atoms with E-state index in [2.05, 4.69) is 21.2 Å². The predicted octanol–water partition coefficient (Wildman–Crippen LogP) is 2.35. The maximum absolute atomic E-state index is 11.9. The van der Waals surface area contributed by atoms with E-state index in [1.807, 2.05) is 6.92 Å². The number of rotatable bonds is 6. The molecule has 100 valence electrons. The van der Waals surface area contributed by atoms with Crippen molar-refractivity contribution in [2.45, 2.75) is 25.9 Å². The molecule has 0 bridgehead atoms. The number of carbonyl (C=O) groups is 1. The molecule has 18 heavy (non-hydrogen) atoms. The minimum absolute atomic E-state index is 0.226. The number of aliphatic hydroxyl groups excluding tert-OH is 1. The van der Waals surface area contributed by atoms with Gasteiger partial charge in [0.2, 0.25) is 0 Å². The van der Waals surface area contributed by atoms with Crippen LogP contribution in [0.15, 0.2) is 22.7 Å². The Kier molecular flexibility index (Phi) is 6.15. The number of methoxy groups -OCH3 is 1. The van der Waals surface area contributed by atoms with Gasteiger partial charge in [0.05, 0.1) is 18.8 Å². The van der Waals surface area contributed by atoms with Gasteiger partial charge in [0, 0.05) is 11.0 Å². The number of halogens is 1. The largest absolute Gasteiger partial charge is 0.497 e. The lowest BCUT2D eigenvalue weighted by atomic mass is 10.2. The van der Waals surface area contributed by atoms with E-state index in [1.54, 1.807) is 25.3 Å². The van der Waals surface area contributed by atoms with Gasteiger partial charge in [-0.1, -0.05) is 13.3 Å². The smallest absolute Gasteiger partial charge is 0.252 e. The van der Waals surface area contributed by atoms with Gasteiger partial charge in [0.15, 0.2) is 0 Å². The molecule has 4 nitrogen and oxygen atoms in total. The second-order valence-electron chi connectivity index (χ2n) is 4.00. The van der Waals surface area contributed by atoms with Crippen LogP contribution in [0.1, 0.15) is 30.1 Å². The number of carbonyl (C=O) groups excluding carboxylic acids is 1. The van der Waals surface area contributed by atoms with Crippen molar-refractivity contribution in [1.29, 1.82) is 0 Å². The van der Waals surface area contributed by atoms with Gasteiger partial charge in [0.1, 0.15) is 5.75 Å². The Balaban J connectivity index is 2.66. The minimum atomic E-state index is -0.497. The predicted molar refractivity (Wildman–Crippen MR) is 73.9 cm³/mol. The average Bonchev–Trinajstić information content (AvgIpc) is 2.37. The molecule has 1 aromatic carbocycles. The van der Waals surface area contributed by atoms with Crippen molar-refractivity contribution in [2.24, 2.45) is 0 Å². The number of nitrogens with one attached hydrogen (secondary N) is 1. The molecule has 2 N–H and O–H groups in total. The molecule has 1 rings (SSSR count). The number of aliphatic hydroxyl groups is 1. The monoisotopic (exact) mass is 315 g/mol. The van der Waals surface area contributed by atoms with E-state index in [-0.39, 0.29) is 12.5 Å². The second kappa shape index (κ2) is 7.38. The van der Waals surface area contributed by atoms with E-state index < -0.39 is 6.10 Å². The quantitative estimate of drug-likeness (QED) is 0.847. The molecule has 0 saturated heterocycles. The van der Waals surface area contributed by atoms with Crippen molar-refractivity contribution in [3.8, 4) is 5.75 Å². The van der Waals surface area contributed by atoms with Crippen LogP contribution in [0.4, 0.5) is 0 Å². The van der Waals surface area contributed by atoms with Crippen molar-refractivity contribution in [3.63, 3.8) is 0 Å². The zero-order valence-corrected chi connectivity index (χ0v) is 12.2. The van der Waals surface area contributed by atoms with Gasteiger partial charge in [-0.15, -0.1) is 0 Å². The van der Waals surface area contributed by atoms with Crippen LogP contribution in [-0.2, 0) is 0 Å². The van der Waals surface area contributed by atoms with Crippen LogP contribution < -0.4 is 10.1 Å². The highest BCUT2D eigenvalue weighted by Gasteiger charge is 2.12. The zero-order chi connectivity index (χ0) is 13.5. The standard InChI is InChI=1S/C13H18BrNO3/c1-3-4-9(16)8-15-13(17)11-7-10(18-2)5-6-12(11)14/h5-7,9,16H,3-4,8H2,1-2H3,(H,15,17). The van der Waals surface area contributed by atoms with Gasteiger partial charge in [0.25, 0.3) is 5.91 Å². The van der Waals surface area contributed by atoms with Crippen molar-refractivity contribution >= 4 is 21.8 Å². The average molecular weight is 316 g/mol. The van der Waals surface area contributed by atoms with Crippen molar-refractivity contribution in [1.82, 2.24) is 5.32 Å².